The van der Waals surface area contributed by atoms with Crippen molar-refractivity contribution in [2.45, 2.75) is 39.0 Å². The molecular formula is C21H25NO5. The lowest BCUT2D eigenvalue weighted by Gasteiger charge is -2.32. The van der Waals surface area contributed by atoms with Crippen LogP contribution in [0.25, 0.3) is 0 Å². The summed E-state index contributed by atoms with van der Waals surface area (Å²) in [6.45, 7) is 9.38. The van der Waals surface area contributed by atoms with E-state index < -0.39 is 29.2 Å². The Hall–Kier alpha value is -2.47. The highest BCUT2D eigenvalue weighted by molar-refractivity contribution is 6.18. The summed E-state index contributed by atoms with van der Waals surface area (Å²) in [6.07, 6.45) is 1.18. The Kier molecular flexibility index (Phi) is 5.20. The average molecular weight is 371 g/mol. The lowest BCUT2D eigenvalue weighted by atomic mass is 9.76. The van der Waals surface area contributed by atoms with Crippen LogP contribution >= 0.6 is 0 Å². The predicted molar refractivity (Wildman–Crippen MR) is 100 cm³/mol. The van der Waals surface area contributed by atoms with E-state index in [0.717, 1.165) is 5.56 Å². The lowest BCUT2D eigenvalue weighted by Crippen LogP contribution is -2.50. The zero-order chi connectivity index (χ0) is 19.7. The van der Waals surface area contributed by atoms with Gasteiger partial charge in [-0.25, -0.2) is 4.99 Å². The molecule has 6 heteroatoms. The van der Waals surface area contributed by atoms with Crippen LogP contribution in [0.5, 0.6) is 0 Å². The van der Waals surface area contributed by atoms with E-state index >= 15 is 0 Å². The average Bonchev–Trinajstić information content (AvgIpc) is 3.07. The molecule has 1 saturated carbocycles. The first-order chi connectivity index (χ1) is 13.0. The fourth-order valence-electron chi connectivity index (χ4n) is 4.30. The molecule has 0 radical (unpaired) electrons. The fourth-order valence-corrected chi connectivity index (χ4v) is 4.30. The fraction of sp³-hybridized carbons (Fsp3) is 0.476. The van der Waals surface area contributed by atoms with E-state index in [4.69, 9.17) is 19.2 Å². The highest BCUT2D eigenvalue weighted by atomic mass is 16.6. The summed E-state index contributed by atoms with van der Waals surface area (Å²) in [4.78, 5) is 30.0. The number of carbonyl (C=O) groups is 2. The van der Waals surface area contributed by atoms with Crippen LogP contribution in [0.2, 0.25) is 0 Å². The van der Waals surface area contributed by atoms with Crippen molar-refractivity contribution in [2.24, 2.45) is 16.3 Å². The summed E-state index contributed by atoms with van der Waals surface area (Å²) in [6, 6.07) is 9.41. The molecule has 0 aromatic heterocycles. The highest BCUT2D eigenvalue weighted by Crippen LogP contribution is 2.60. The second-order valence-electron chi connectivity index (χ2n) is 6.74. The second kappa shape index (κ2) is 7.27. The summed E-state index contributed by atoms with van der Waals surface area (Å²) >= 11 is 0. The predicted octanol–water partition coefficient (Wildman–Crippen LogP) is 2.91. The number of fused-ring (bicyclic) bond motifs is 2. The number of aliphatic imine (C=N–C) groups is 1. The second-order valence-corrected chi connectivity index (χ2v) is 6.74. The summed E-state index contributed by atoms with van der Waals surface area (Å²) in [5.74, 6) is -1.23. The minimum absolute atomic E-state index is 0.218. The molecule has 27 heavy (non-hydrogen) atoms. The highest BCUT2D eigenvalue weighted by Gasteiger charge is 2.75. The molecular weight excluding hydrogens is 346 g/mol. The standard InChI is InChI=1S/C21H25NO5/c1-5-16-13-20(19(24)25-6-2)17(15-11-9-8-10-12-15)22-21(16,26-7-3)18(20)27-14(4)23/h5,8-12,16,18H,1,6-7,13H2,2-4H3/t16-,18?,20+,21+/m0/s1. The topological polar surface area (TPSA) is 74.2 Å². The van der Waals surface area contributed by atoms with Crippen molar-refractivity contribution in [3.05, 3.63) is 48.6 Å². The van der Waals surface area contributed by atoms with Gasteiger partial charge in [-0.15, -0.1) is 6.58 Å². The Labute approximate surface area is 159 Å². The molecule has 1 heterocycles. The molecule has 1 unspecified atom stereocenters. The molecule has 1 fully saturated rings. The van der Waals surface area contributed by atoms with Gasteiger partial charge in [0, 0.05) is 19.4 Å². The minimum Gasteiger partial charge on any atom is -0.465 e. The van der Waals surface area contributed by atoms with Gasteiger partial charge >= 0.3 is 11.9 Å². The zero-order valence-corrected chi connectivity index (χ0v) is 15.9. The molecule has 144 valence electrons. The number of hydrogen-bond donors (Lipinski definition) is 0. The van der Waals surface area contributed by atoms with E-state index in [9.17, 15) is 9.59 Å². The molecule has 0 saturated heterocycles. The third kappa shape index (κ3) is 2.79. The molecule has 1 aliphatic carbocycles. The van der Waals surface area contributed by atoms with Crippen LogP contribution in [0.15, 0.2) is 48.0 Å². The quantitative estimate of drug-likeness (QED) is 0.544. The maximum Gasteiger partial charge on any atom is 0.322 e. The first-order valence-electron chi connectivity index (χ1n) is 9.23. The van der Waals surface area contributed by atoms with Crippen molar-refractivity contribution in [2.75, 3.05) is 13.2 Å². The molecule has 2 aliphatic rings. The van der Waals surface area contributed by atoms with Crippen LogP contribution in [0.1, 0.15) is 32.8 Å². The Morgan fingerprint density at radius 3 is 2.52 bits per heavy atom. The van der Waals surface area contributed by atoms with Gasteiger partial charge in [-0.1, -0.05) is 36.4 Å². The number of carbonyl (C=O) groups excluding carboxylic acids is 2. The first-order valence-corrected chi connectivity index (χ1v) is 9.23. The third-order valence-electron chi connectivity index (χ3n) is 5.24. The van der Waals surface area contributed by atoms with Crippen LogP contribution < -0.4 is 0 Å². The van der Waals surface area contributed by atoms with Gasteiger partial charge in [-0.05, 0) is 25.8 Å². The maximum atomic E-state index is 13.2. The number of ether oxygens (including phenoxy) is 3. The van der Waals surface area contributed by atoms with Gasteiger partial charge in [0.15, 0.2) is 11.5 Å². The minimum atomic E-state index is -1.23. The SMILES string of the molecule is C=C[C@H]1C[C@@]2(C(=O)OCC)C(c3ccccc3)=N[C@]1(OCC)C2OC(C)=O. The van der Waals surface area contributed by atoms with Crippen molar-refractivity contribution in [1.29, 1.82) is 0 Å². The summed E-state index contributed by atoms with van der Waals surface area (Å²) in [5, 5.41) is 0. The van der Waals surface area contributed by atoms with Gasteiger partial charge in [0.25, 0.3) is 0 Å². The molecule has 3 rings (SSSR count). The van der Waals surface area contributed by atoms with Gasteiger partial charge in [0.2, 0.25) is 5.72 Å². The van der Waals surface area contributed by atoms with Crippen molar-refractivity contribution in [3.8, 4) is 0 Å². The van der Waals surface area contributed by atoms with Gasteiger partial charge in [-0.2, -0.15) is 0 Å². The van der Waals surface area contributed by atoms with E-state index in [2.05, 4.69) is 6.58 Å². The van der Waals surface area contributed by atoms with Crippen LogP contribution in [0.4, 0.5) is 0 Å². The van der Waals surface area contributed by atoms with E-state index in [0.29, 0.717) is 18.7 Å². The van der Waals surface area contributed by atoms with Crippen LogP contribution in [-0.2, 0) is 23.8 Å². The molecule has 1 aromatic rings. The third-order valence-corrected chi connectivity index (χ3v) is 5.24. The zero-order valence-electron chi connectivity index (χ0n) is 15.9. The summed E-state index contributed by atoms with van der Waals surface area (Å²) < 4.78 is 17.2. The number of rotatable bonds is 7. The molecule has 1 aromatic carbocycles. The molecule has 1 aliphatic heterocycles. The molecule has 2 bridgehead atoms. The van der Waals surface area contributed by atoms with E-state index in [1.54, 1.807) is 13.0 Å². The Balaban J connectivity index is 2.25. The number of benzene rings is 1. The largest absolute Gasteiger partial charge is 0.465 e. The lowest BCUT2D eigenvalue weighted by molar-refractivity contribution is -0.179. The smallest absolute Gasteiger partial charge is 0.322 e. The Morgan fingerprint density at radius 2 is 1.96 bits per heavy atom. The van der Waals surface area contributed by atoms with Gasteiger partial charge in [0.1, 0.15) is 0 Å². The van der Waals surface area contributed by atoms with Crippen molar-refractivity contribution < 1.29 is 23.8 Å². The van der Waals surface area contributed by atoms with Crippen molar-refractivity contribution in [3.63, 3.8) is 0 Å². The summed E-state index contributed by atoms with van der Waals surface area (Å²) in [5.41, 5.74) is -1.08. The van der Waals surface area contributed by atoms with Crippen LogP contribution in [-0.4, -0.2) is 42.7 Å². The van der Waals surface area contributed by atoms with Crippen LogP contribution in [0.3, 0.4) is 0 Å². The van der Waals surface area contributed by atoms with Crippen molar-refractivity contribution in [1.82, 2.24) is 0 Å². The number of nitrogens with zero attached hydrogens (tertiary/aromatic N) is 1. The molecule has 0 amide bonds. The molecule has 0 N–H and O–H groups in total. The Morgan fingerprint density at radius 1 is 1.26 bits per heavy atom. The van der Waals surface area contributed by atoms with E-state index in [-0.39, 0.29) is 12.5 Å². The first kappa shape index (κ1) is 19.3. The molecule has 6 nitrogen and oxygen atoms in total. The van der Waals surface area contributed by atoms with Gasteiger partial charge in [0.05, 0.1) is 12.3 Å². The number of esters is 2. The van der Waals surface area contributed by atoms with Crippen LogP contribution in [0, 0.1) is 11.3 Å². The normalized spacial score (nSPS) is 31.3. The van der Waals surface area contributed by atoms with Gasteiger partial charge in [-0.3, -0.25) is 9.59 Å². The Bertz CT molecular complexity index is 774. The van der Waals surface area contributed by atoms with Crippen molar-refractivity contribution >= 4 is 17.7 Å². The molecule has 4 atom stereocenters. The molecule has 0 spiro atoms. The van der Waals surface area contributed by atoms with Gasteiger partial charge < -0.3 is 14.2 Å². The summed E-state index contributed by atoms with van der Waals surface area (Å²) in [7, 11) is 0. The number of hydrogen-bond acceptors (Lipinski definition) is 6. The van der Waals surface area contributed by atoms with E-state index in [1.165, 1.54) is 6.92 Å². The monoisotopic (exact) mass is 371 g/mol. The van der Waals surface area contributed by atoms with E-state index in [1.807, 2.05) is 37.3 Å². The maximum absolute atomic E-state index is 13.2.